The van der Waals surface area contributed by atoms with Crippen LogP contribution in [0.15, 0.2) is 28.1 Å². The van der Waals surface area contributed by atoms with Gasteiger partial charge in [0.15, 0.2) is 5.58 Å². The first kappa shape index (κ1) is 16.2. The van der Waals surface area contributed by atoms with E-state index >= 15 is 0 Å². The van der Waals surface area contributed by atoms with Crippen molar-refractivity contribution in [1.29, 1.82) is 0 Å². The number of oxazole rings is 1. The van der Waals surface area contributed by atoms with Gasteiger partial charge in [-0.05, 0) is 18.6 Å². The quantitative estimate of drug-likeness (QED) is 0.726. The zero-order chi connectivity index (χ0) is 17.8. The average molecular weight is 400 g/mol. The molecule has 0 amide bonds. The van der Waals surface area contributed by atoms with E-state index in [2.05, 4.69) is 32.2 Å². The Morgan fingerprint density at radius 3 is 2.67 bits per heavy atom. The predicted molar refractivity (Wildman–Crippen MR) is 112 cm³/mol. The summed E-state index contributed by atoms with van der Waals surface area (Å²) in [6.07, 6.45) is 3.13. The molecule has 6 nitrogen and oxygen atoms in total. The van der Waals surface area contributed by atoms with Gasteiger partial charge in [0.1, 0.15) is 10.5 Å². The number of piperazine rings is 1. The second-order valence-corrected chi connectivity index (χ2v) is 9.56. The smallest absolute Gasteiger partial charge is 0.298 e. The van der Waals surface area contributed by atoms with Crippen LogP contribution in [-0.2, 0) is 0 Å². The van der Waals surface area contributed by atoms with Crippen LogP contribution in [0.4, 0.5) is 11.7 Å². The Morgan fingerprint density at radius 2 is 1.93 bits per heavy atom. The second-order valence-electron chi connectivity index (χ2n) is 7.44. The third-order valence-electron chi connectivity index (χ3n) is 5.72. The summed E-state index contributed by atoms with van der Waals surface area (Å²) >= 11 is 3.67. The molecule has 6 heterocycles. The molecule has 2 bridgehead atoms. The van der Waals surface area contributed by atoms with E-state index in [1.165, 1.54) is 23.6 Å². The van der Waals surface area contributed by atoms with E-state index in [4.69, 9.17) is 9.40 Å². The van der Waals surface area contributed by atoms with Crippen molar-refractivity contribution in [2.75, 3.05) is 47.5 Å². The summed E-state index contributed by atoms with van der Waals surface area (Å²) in [6, 6.07) is 6.28. The molecule has 3 aromatic rings. The molecular formula is C19H21N5OS2. The van der Waals surface area contributed by atoms with Crippen molar-refractivity contribution in [2.24, 2.45) is 0 Å². The van der Waals surface area contributed by atoms with Crippen LogP contribution in [0.1, 0.15) is 6.42 Å². The molecule has 4 saturated heterocycles. The number of nitrogens with zero attached hydrogens (tertiary/aromatic N) is 4. The highest BCUT2D eigenvalue weighted by atomic mass is 32.2. The normalized spacial score (nSPS) is 25.0. The first-order valence-corrected chi connectivity index (χ1v) is 11.6. The summed E-state index contributed by atoms with van der Waals surface area (Å²) in [4.78, 5) is 14.3. The molecule has 1 N–H and O–H groups in total. The summed E-state index contributed by atoms with van der Waals surface area (Å²) in [7, 11) is 0. The maximum absolute atomic E-state index is 6.38. The van der Waals surface area contributed by atoms with Crippen LogP contribution >= 0.6 is 23.1 Å². The van der Waals surface area contributed by atoms with Gasteiger partial charge in [-0.2, -0.15) is 16.7 Å². The largest absolute Gasteiger partial charge is 0.423 e. The van der Waals surface area contributed by atoms with Gasteiger partial charge >= 0.3 is 0 Å². The van der Waals surface area contributed by atoms with E-state index in [-0.39, 0.29) is 0 Å². The molecule has 0 radical (unpaired) electrons. The summed E-state index contributed by atoms with van der Waals surface area (Å²) in [6.45, 7) is 4.09. The van der Waals surface area contributed by atoms with E-state index in [1.54, 1.807) is 11.3 Å². The third kappa shape index (κ3) is 2.73. The number of fused-ring (bicyclic) bond motifs is 3. The first-order chi connectivity index (χ1) is 13.3. The Labute approximate surface area is 166 Å². The lowest BCUT2D eigenvalue weighted by Gasteiger charge is -2.47. The lowest BCUT2D eigenvalue weighted by molar-refractivity contribution is 0.220. The van der Waals surface area contributed by atoms with Crippen molar-refractivity contribution in [3.05, 3.63) is 23.7 Å². The standard InChI is InChI=1S/C19H21N5OS2/c1-2-15(23-4-7-26-8-5-23)16-17(14(1)18-20-3-6-27-18)25-19(22-16)24-10-12-9-13(11-24)21-12/h1-3,6,12-13,21H,4-5,7-11H2. The first-order valence-electron chi connectivity index (χ1n) is 9.52. The molecule has 0 saturated carbocycles. The van der Waals surface area contributed by atoms with E-state index in [0.717, 1.165) is 53.9 Å². The van der Waals surface area contributed by atoms with E-state index < -0.39 is 0 Å². The molecule has 7 rings (SSSR count). The summed E-state index contributed by atoms with van der Waals surface area (Å²) in [5.74, 6) is 2.34. The maximum Gasteiger partial charge on any atom is 0.298 e. The second kappa shape index (κ2) is 6.39. The van der Waals surface area contributed by atoms with Crippen LogP contribution < -0.4 is 15.1 Å². The van der Waals surface area contributed by atoms with Gasteiger partial charge < -0.3 is 19.5 Å². The number of nitrogens with one attached hydrogen (secondary N) is 1. The van der Waals surface area contributed by atoms with Gasteiger partial charge in [-0.15, -0.1) is 11.3 Å². The minimum absolute atomic E-state index is 0.579. The molecule has 1 aromatic carbocycles. The number of benzene rings is 1. The van der Waals surface area contributed by atoms with Gasteiger partial charge in [0.25, 0.3) is 6.01 Å². The highest BCUT2D eigenvalue weighted by molar-refractivity contribution is 7.99. The summed E-state index contributed by atoms with van der Waals surface area (Å²) in [5, 5.41) is 6.58. The van der Waals surface area contributed by atoms with Crippen molar-refractivity contribution in [2.45, 2.75) is 18.5 Å². The number of rotatable bonds is 3. The highest BCUT2D eigenvalue weighted by Gasteiger charge is 2.38. The van der Waals surface area contributed by atoms with E-state index in [9.17, 15) is 0 Å². The monoisotopic (exact) mass is 399 g/mol. The molecule has 8 heteroatoms. The number of anilines is 2. The molecule has 2 unspecified atom stereocenters. The predicted octanol–water partition coefficient (Wildman–Crippen LogP) is 3.06. The minimum Gasteiger partial charge on any atom is -0.423 e. The number of thioether (sulfide) groups is 1. The Hall–Kier alpha value is -1.77. The number of aromatic nitrogens is 2. The average Bonchev–Trinajstić information content (AvgIpc) is 3.38. The fourth-order valence-electron chi connectivity index (χ4n) is 4.37. The van der Waals surface area contributed by atoms with Gasteiger partial charge in [-0.3, -0.25) is 0 Å². The molecule has 4 fully saturated rings. The zero-order valence-corrected chi connectivity index (χ0v) is 16.6. The summed E-state index contributed by atoms with van der Waals surface area (Å²) < 4.78 is 6.38. The van der Waals surface area contributed by atoms with Gasteiger partial charge in [-0.25, -0.2) is 4.98 Å². The lowest BCUT2D eigenvalue weighted by atomic mass is 9.92. The molecule has 27 heavy (non-hydrogen) atoms. The molecule has 140 valence electrons. The third-order valence-corrected chi connectivity index (χ3v) is 7.47. The Morgan fingerprint density at radius 1 is 1.11 bits per heavy atom. The molecule has 0 aliphatic carbocycles. The van der Waals surface area contributed by atoms with Gasteiger partial charge in [-0.1, -0.05) is 0 Å². The zero-order valence-electron chi connectivity index (χ0n) is 14.9. The fourth-order valence-corrected chi connectivity index (χ4v) is 5.93. The van der Waals surface area contributed by atoms with Gasteiger partial charge in [0, 0.05) is 61.3 Å². The number of thiazole rings is 1. The van der Waals surface area contributed by atoms with E-state index in [0.29, 0.717) is 12.1 Å². The van der Waals surface area contributed by atoms with Crippen LogP contribution in [0.25, 0.3) is 21.7 Å². The van der Waals surface area contributed by atoms with Crippen molar-refractivity contribution >= 4 is 45.9 Å². The van der Waals surface area contributed by atoms with Crippen molar-refractivity contribution < 1.29 is 4.42 Å². The van der Waals surface area contributed by atoms with Crippen LogP contribution in [0.5, 0.6) is 0 Å². The Kier molecular flexibility index (Phi) is 3.84. The molecule has 4 aliphatic heterocycles. The number of hydrogen-bond donors (Lipinski definition) is 1. The van der Waals surface area contributed by atoms with Crippen molar-refractivity contribution in [3.63, 3.8) is 0 Å². The Bertz CT molecular complexity index is 950. The fraction of sp³-hybridized carbons (Fsp3) is 0.474. The lowest BCUT2D eigenvalue weighted by Crippen LogP contribution is -2.67. The van der Waals surface area contributed by atoms with Gasteiger partial charge in [0.05, 0.1) is 11.3 Å². The number of piperidine rings is 1. The van der Waals surface area contributed by atoms with E-state index in [1.807, 2.05) is 23.3 Å². The van der Waals surface area contributed by atoms with Crippen molar-refractivity contribution in [1.82, 2.24) is 15.3 Å². The Balaban J connectivity index is 1.47. The van der Waals surface area contributed by atoms with Gasteiger partial charge in [0.2, 0.25) is 0 Å². The SMILES string of the molecule is c1csc(-c2ccc(N3CCSCC3)c3nc(N4CC5CC(C4)N5)oc23)n1. The minimum atomic E-state index is 0.579. The highest BCUT2D eigenvalue weighted by Crippen LogP contribution is 2.39. The van der Waals surface area contributed by atoms with Crippen molar-refractivity contribution in [3.8, 4) is 10.6 Å². The molecule has 4 aliphatic rings. The molecule has 2 atom stereocenters. The molecule has 0 spiro atoms. The van der Waals surface area contributed by atoms with Crippen LogP contribution in [0.2, 0.25) is 0 Å². The van der Waals surface area contributed by atoms with Crippen LogP contribution in [0.3, 0.4) is 0 Å². The van der Waals surface area contributed by atoms with Crippen LogP contribution in [-0.4, -0.2) is 59.7 Å². The summed E-state index contributed by atoms with van der Waals surface area (Å²) in [5.41, 5.74) is 4.11. The molecular weight excluding hydrogens is 378 g/mol. The number of hydrogen-bond acceptors (Lipinski definition) is 8. The maximum atomic E-state index is 6.38. The molecule has 2 aromatic heterocycles. The van der Waals surface area contributed by atoms with Crippen LogP contribution in [0, 0.1) is 0 Å². The topological polar surface area (TPSA) is 57.4 Å².